The molecule has 25 heavy (non-hydrogen) atoms. The highest BCUT2D eigenvalue weighted by Crippen LogP contribution is 2.25. The summed E-state index contributed by atoms with van der Waals surface area (Å²) in [5.41, 5.74) is -0.0317. The smallest absolute Gasteiger partial charge is 0.421 e. The number of carbonyl (C=O) groups is 3. The van der Waals surface area contributed by atoms with Gasteiger partial charge in [-0.05, 0) is 45.4 Å². The highest BCUT2D eigenvalue weighted by Gasteiger charge is 2.26. The fourth-order valence-electron chi connectivity index (χ4n) is 1.91. The second-order valence-electron chi connectivity index (χ2n) is 6.12. The predicted octanol–water partition coefficient (Wildman–Crippen LogP) is 4.72. The van der Waals surface area contributed by atoms with Crippen LogP contribution in [0.4, 0.5) is 10.5 Å². The Bertz CT molecular complexity index is 687. The van der Waals surface area contributed by atoms with E-state index in [-0.39, 0.29) is 5.78 Å². The van der Waals surface area contributed by atoms with Crippen LogP contribution in [0.5, 0.6) is 0 Å². The van der Waals surface area contributed by atoms with Gasteiger partial charge in [-0.3, -0.25) is 9.59 Å². The number of ether oxygens (including phenoxy) is 1. The van der Waals surface area contributed by atoms with E-state index in [2.05, 4.69) is 0 Å². The van der Waals surface area contributed by atoms with Gasteiger partial charge in [0.15, 0.2) is 5.78 Å². The summed E-state index contributed by atoms with van der Waals surface area (Å²) in [4.78, 5) is 37.6. The molecule has 0 fully saturated rings. The Labute approximate surface area is 157 Å². The van der Waals surface area contributed by atoms with Crippen LogP contribution in [-0.2, 0) is 9.53 Å². The van der Waals surface area contributed by atoms with Gasteiger partial charge in [0.05, 0.1) is 5.69 Å². The molecule has 0 aliphatic carbocycles. The molecule has 0 aliphatic rings. The fourth-order valence-corrected chi connectivity index (χ4v) is 3.03. The van der Waals surface area contributed by atoms with Crippen LogP contribution in [0.25, 0.3) is 0 Å². The first-order valence-electron chi connectivity index (χ1n) is 7.56. The molecular weight excluding hydrogens is 358 g/mol. The second-order valence-corrected chi connectivity index (χ2v) is 8.08. The Hall–Kier alpha value is -1.73. The third-order valence-corrected chi connectivity index (χ3v) is 4.97. The standard InChI is InChI=1S/C18H23NO4S2/c1-12(20)19(17(22)23-18(2,3)4)14-9-7-8-13(10-14)15(21)11-16(24-5)25-6/h7-11H,1-6H3. The van der Waals surface area contributed by atoms with Crippen LogP contribution < -0.4 is 4.90 Å². The van der Waals surface area contributed by atoms with Crippen molar-refractivity contribution >= 4 is 47.0 Å². The topological polar surface area (TPSA) is 63.7 Å². The summed E-state index contributed by atoms with van der Waals surface area (Å²) >= 11 is 2.97. The Kier molecular flexibility index (Phi) is 7.76. The number of imide groups is 1. The van der Waals surface area contributed by atoms with E-state index in [0.717, 1.165) is 9.14 Å². The Balaban J connectivity index is 3.19. The van der Waals surface area contributed by atoms with Crippen LogP contribution in [0.1, 0.15) is 38.1 Å². The Morgan fingerprint density at radius 3 is 2.20 bits per heavy atom. The molecule has 0 N–H and O–H groups in total. The number of amides is 2. The van der Waals surface area contributed by atoms with Gasteiger partial charge in [-0.25, -0.2) is 9.69 Å². The molecule has 5 nitrogen and oxygen atoms in total. The number of hydrogen-bond acceptors (Lipinski definition) is 6. The average molecular weight is 382 g/mol. The van der Waals surface area contributed by atoms with E-state index in [1.807, 2.05) is 12.5 Å². The average Bonchev–Trinajstić information content (AvgIpc) is 2.50. The summed E-state index contributed by atoms with van der Waals surface area (Å²) in [6, 6.07) is 6.39. The van der Waals surface area contributed by atoms with Crippen molar-refractivity contribution in [1.82, 2.24) is 0 Å². The first-order valence-corrected chi connectivity index (χ1v) is 10.0. The van der Waals surface area contributed by atoms with Crippen LogP contribution >= 0.6 is 23.5 Å². The zero-order valence-electron chi connectivity index (χ0n) is 15.3. The monoisotopic (exact) mass is 381 g/mol. The predicted molar refractivity (Wildman–Crippen MR) is 105 cm³/mol. The molecular formula is C18H23NO4S2. The quantitative estimate of drug-likeness (QED) is 0.543. The third-order valence-electron chi connectivity index (χ3n) is 2.93. The minimum atomic E-state index is -0.769. The summed E-state index contributed by atoms with van der Waals surface area (Å²) in [6.07, 6.45) is 4.56. The maximum absolute atomic E-state index is 12.4. The van der Waals surface area contributed by atoms with E-state index < -0.39 is 17.6 Å². The minimum absolute atomic E-state index is 0.187. The molecule has 7 heteroatoms. The second kappa shape index (κ2) is 9.10. The normalized spacial score (nSPS) is 10.8. The maximum Gasteiger partial charge on any atom is 0.421 e. The number of anilines is 1. The SMILES string of the molecule is CSC(=CC(=O)c1cccc(N(C(C)=O)C(=O)OC(C)(C)C)c1)SC. The lowest BCUT2D eigenvalue weighted by Crippen LogP contribution is -2.39. The molecule has 0 saturated heterocycles. The molecule has 136 valence electrons. The highest BCUT2D eigenvalue weighted by molar-refractivity contribution is 8.21. The van der Waals surface area contributed by atoms with E-state index >= 15 is 0 Å². The molecule has 0 atom stereocenters. The van der Waals surface area contributed by atoms with Crippen LogP contribution in [0.15, 0.2) is 34.6 Å². The lowest BCUT2D eigenvalue weighted by atomic mass is 10.1. The van der Waals surface area contributed by atoms with Crippen molar-refractivity contribution in [2.75, 3.05) is 17.4 Å². The van der Waals surface area contributed by atoms with Crippen molar-refractivity contribution in [2.45, 2.75) is 33.3 Å². The number of ketones is 1. The number of carbonyl (C=O) groups excluding carboxylic acids is 3. The number of thioether (sulfide) groups is 2. The first kappa shape index (κ1) is 21.3. The third kappa shape index (κ3) is 6.59. The Morgan fingerprint density at radius 2 is 1.72 bits per heavy atom. The summed E-state index contributed by atoms with van der Waals surface area (Å²) in [5, 5.41) is 0. The molecule has 1 aromatic carbocycles. The van der Waals surface area contributed by atoms with Crippen molar-refractivity contribution in [2.24, 2.45) is 0 Å². The molecule has 1 rings (SSSR count). The van der Waals surface area contributed by atoms with Gasteiger partial charge in [0.25, 0.3) is 0 Å². The lowest BCUT2D eigenvalue weighted by Gasteiger charge is -2.25. The summed E-state index contributed by atoms with van der Waals surface area (Å²) in [7, 11) is 0. The van der Waals surface area contributed by atoms with Crippen LogP contribution in [0.3, 0.4) is 0 Å². The van der Waals surface area contributed by atoms with Gasteiger partial charge in [0.1, 0.15) is 5.60 Å². The van der Waals surface area contributed by atoms with Gasteiger partial charge in [-0.15, -0.1) is 23.5 Å². The van der Waals surface area contributed by atoms with Crippen molar-refractivity contribution in [3.8, 4) is 0 Å². The van der Waals surface area contributed by atoms with Crippen molar-refractivity contribution in [3.05, 3.63) is 40.1 Å². The van der Waals surface area contributed by atoms with Gasteiger partial charge >= 0.3 is 6.09 Å². The molecule has 0 aromatic heterocycles. The van der Waals surface area contributed by atoms with Crippen molar-refractivity contribution in [1.29, 1.82) is 0 Å². The van der Waals surface area contributed by atoms with Gasteiger partial charge in [-0.2, -0.15) is 0 Å². The molecule has 0 saturated carbocycles. The maximum atomic E-state index is 12.4. The summed E-state index contributed by atoms with van der Waals surface area (Å²) in [6.45, 7) is 6.44. The first-order chi connectivity index (χ1) is 11.6. The van der Waals surface area contributed by atoms with Crippen molar-refractivity contribution in [3.63, 3.8) is 0 Å². The molecule has 0 spiro atoms. The minimum Gasteiger partial charge on any atom is -0.443 e. The van der Waals surface area contributed by atoms with E-state index in [1.54, 1.807) is 45.0 Å². The Morgan fingerprint density at radius 1 is 1.12 bits per heavy atom. The van der Waals surface area contributed by atoms with Gasteiger partial charge in [0, 0.05) is 22.8 Å². The summed E-state index contributed by atoms with van der Waals surface area (Å²) < 4.78 is 6.16. The van der Waals surface area contributed by atoms with Crippen molar-refractivity contribution < 1.29 is 19.1 Å². The molecule has 0 radical (unpaired) electrons. The summed E-state index contributed by atoms with van der Waals surface area (Å²) in [5.74, 6) is -0.670. The van der Waals surface area contributed by atoms with Crippen LogP contribution in [-0.4, -0.2) is 35.9 Å². The number of nitrogens with zero attached hydrogens (tertiary/aromatic N) is 1. The highest BCUT2D eigenvalue weighted by atomic mass is 32.2. The van der Waals surface area contributed by atoms with E-state index in [1.165, 1.54) is 36.5 Å². The van der Waals surface area contributed by atoms with Gasteiger partial charge in [0.2, 0.25) is 5.91 Å². The van der Waals surface area contributed by atoms with E-state index in [4.69, 9.17) is 4.74 Å². The van der Waals surface area contributed by atoms with Crippen LogP contribution in [0, 0.1) is 0 Å². The zero-order chi connectivity index (χ0) is 19.2. The number of benzene rings is 1. The van der Waals surface area contributed by atoms with E-state index in [9.17, 15) is 14.4 Å². The largest absolute Gasteiger partial charge is 0.443 e. The molecule has 2 amide bonds. The molecule has 1 aromatic rings. The molecule has 0 unspecified atom stereocenters. The van der Waals surface area contributed by atoms with Crippen LogP contribution in [0.2, 0.25) is 0 Å². The number of hydrogen-bond donors (Lipinski definition) is 0. The number of rotatable bonds is 5. The molecule has 0 bridgehead atoms. The van der Waals surface area contributed by atoms with Gasteiger partial charge in [-0.1, -0.05) is 12.1 Å². The van der Waals surface area contributed by atoms with E-state index in [0.29, 0.717) is 11.3 Å². The molecule has 0 heterocycles. The lowest BCUT2D eigenvalue weighted by molar-refractivity contribution is -0.116. The molecule has 0 aliphatic heterocycles. The zero-order valence-corrected chi connectivity index (χ0v) is 16.9. The number of allylic oxidation sites excluding steroid dienone is 1. The fraction of sp³-hybridized carbons (Fsp3) is 0.389. The van der Waals surface area contributed by atoms with Gasteiger partial charge < -0.3 is 4.74 Å².